The van der Waals surface area contributed by atoms with E-state index in [-0.39, 0.29) is 22.4 Å². The second-order valence-electron chi connectivity index (χ2n) is 4.88. The fraction of sp³-hybridized carbons (Fsp3) is 0.0625. The number of aromatic hydroxyl groups is 2. The van der Waals surface area contributed by atoms with Crippen molar-refractivity contribution in [3.05, 3.63) is 52.6 Å². The molecule has 23 heavy (non-hydrogen) atoms. The number of carbonyl (C=O) groups excluding carboxylic acids is 2. The zero-order valence-corrected chi connectivity index (χ0v) is 11.6. The van der Waals surface area contributed by atoms with E-state index in [1.54, 1.807) is 12.1 Å². The summed E-state index contributed by atoms with van der Waals surface area (Å²) in [7, 11) is 0. The van der Waals surface area contributed by atoms with Gasteiger partial charge in [-0.3, -0.25) is 9.59 Å². The summed E-state index contributed by atoms with van der Waals surface area (Å²) in [5, 5.41) is 28.8. The monoisotopic (exact) mass is 314 g/mol. The van der Waals surface area contributed by atoms with Crippen molar-refractivity contribution in [2.24, 2.45) is 0 Å². The normalized spacial score (nSPS) is 12.5. The molecule has 116 valence electrons. The van der Waals surface area contributed by atoms with Crippen LogP contribution in [-0.2, 0) is 4.79 Å². The van der Waals surface area contributed by atoms with Crippen molar-refractivity contribution in [2.45, 2.75) is 0 Å². The Bertz CT molecular complexity index is 867. The molecule has 1 aliphatic rings. The fourth-order valence-corrected chi connectivity index (χ4v) is 2.48. The van der Waals surface area contributed by atoms with E-state index in [0.29, 0.717) is 0 Å². The Morgan fingerprint density at radius 2 is 1.57 bits per heavy atom. The number of hydrogen-bond donors (Lipinski definition) is 3. The van der Waals surface area contributed by atoms with Crippen molar-refractivity contribution in [2.75, 3.05) is 6.61 Å². The minimum Gasteiger partial charge on any atom is -0.507 e. The topological polar surface area (TPSA) is 121 Å². The number of rotatable bonds is 3. The van der Waals surface area contributed by atoms with E-state index < -0.39 is 41.2 Å². The van der Waals surface area contributed by atoms with Crippen molar-refractivity contribution >= 4 is 17.5 Å². The van der Waals surface area contributed by atoms with Crippen LogP contribution in [-0.4, -0.2) is 39.5 Å². The number of aliphatic carboxylic acids is 1. The summed E-state index contributed by atoms with van der Waals surface area (Å²) in [6, 6.07) is 6.94. The first-order valence-corrected chi connectivity index (χ1v) is 6.53. The highest BCUT2D eigenvalue weighted by molar-refractivity contribution is 6.30. The predicted octanol–water partition coefficient (Wildman–Crippen LogP) is 1.34. The van der Waals surface area contributed by atoms with Crippen LogP contribution in [0.15, 0.2) is 30.3 Å². The highest BCUT2D eigenvalue weighted by Crippen LogP contribution is 2.43. The second-order valence-corrected chi connectivity index (χ2v) is 4.88. The van der Waals surface area contributed by atoms with Gasteiger partial charge in [-0.15, -0.1) is 0 Å². The molecule has 0 aliphatic heterocycles. The summed E-state index contributed by atoms with van der Waals surface area (Å²) in [6.45, 7) is -0.773. The summed E-state index contributed by atoms with van der Waals surface area (Å²) >= 11 is 0. The van der Waals surface area contributed by atoms with E-state index in [2.05, 4.69) is 0 Å². The molecule has 0 radical (unpaired) electrons. The zero-order valence-electron chi connectivity index (χ0n) is 11.6. The molecule has 0 atom stereocenters. The zero-order chi connectivity index (χ0) is 16.7. The van der Waals surface area contributed by atoms with Crippen molar-refractivity contribution in [1.29, 1.82) is 0 Å². The number of ether oxygens (including phenoxy) is 1. The number of carboxylic acid groups (broad SMARTS) is 1. The molecule has 0 aromatic heterocycles. The van der Waals surface area contributed by atoms with Crippen molar-refractivity contribution in [3.8, 4) is 17.2 Å². The summed E-state index contributed by atoms with van der Waals surface area (Å²) in [5.41, 5.74) is -0.503. The SMILES string of the molecule is O=C(O)COc1cc(O)c2c(c1O)C(=O)c1ccccc1C2=O. The molecule has 2 aromatic rings. The molecule has 2 aromatic carbocycles. The number of benzene rings is 2. The summed E-state index contributed by atoms with van der Waals surface area (Å²) in [6.07, 6.45) is 0. The summed E-state index contributed by atoms with van der Waals surface area (Å²) in [4.78, 5) is 35.5. The average molecular weight is 314 g/mol. The standard InChI is InChI=1S/C16H10O7/c17-9-5-10(23-6-11(18)19)16(22)13-12(9)14(20)7-3-1-2-4-8(7)15(13)21/h1-5,17,22H,6H2,(H,18,19). The Morgan fingerprint density at radius 3 is 2.13 bits per heavy atom. The molecular weight excluding hydrogens is 304 g/mol. The number of carbonyl (C=O) groups is 3. The lowest BCUT2D eigenvalue weighted by Gasteiger charge is -2.20. The van der Waals surface area contributed by atoms with Gasteiger partial charge in [-0.1, -0.05) is 24.3 Å². The number of carboxylic acids is 1. The van der Waals surface area contributed by atoms with Gasteiger partial charge in [-0.05, 0) is 0 Å². The van der Waals surface area contributed by atoms with Gasteiger partial charge >= 0.3 is 5.97 Å². The quantitative estimate of drug-likeness (QED) is 0.624. The van der Waals surface area contributed by atoms with Crippen LogP contribution >= 0.6 is 0 Å². The number of phenolic OH excluding ortho intramolecular Hbond substituents is 2. The van der Waals surface area contributed by atoms with Crippen molar-refractivity contribution < 1.29 is 34.4 Å². The third kappa shape index (κ3) is 2.18. The predicted molar refractivity (Wildman–Crippen MR) is 76.2 cm³/mol. The molecular formula is C16H10O7. The van der Waals surface area contributed by atoms with Gasteiger partial charge in [0.2, 0.25) is 0 Å². The molecule has 1 aliphatic carbocycles. The minimum atomic E-state index is -1.30. The van der Waals surface area contributed by atoms with Crippen LogP contribution in [0.2, 0.25) is 0 Å². The Hall–Kier alpha value is -3.35. The smallest absolute Gasteiger partial charge is 0.341 e. The van der Waals surface area contributed by atoms with Crippen LogP contribution in [0.25, 0.3) is 0 Å². The second kappa shape index (κ2) is 5.13. The van der Waals surface area contributed by atoms with Gasteiger partial charge in [-0.2, -0.15) is 0 Å². The number of phenols is 2. The van der Waals surface area contributed by atoms with E-state index in [9.17, 15) is 24.6 Å². The van der Waals surface area contributed by atoms with Gasteiger partial charge in [0.25, 0.3) is 0 Å². The molecule has 0 saturated heterocycles. The number of hydrogen-bond acceptors (Lipinski definition) is 6. The van der Waals surface area contributed by atoms with E-state index in [4.69, 9.17) is 9.84 Å². The average Bonchev–Trinajstić information content (AvgIpc) is 2.52. The molecule has 3 N–H and O–H groups in total. The van der Waals surface area contributed by atoms with Crippen LogP contribution in [0, 0.1) is 0 Å². The molecule has 0 bridgehead atoms. The van der Waals surface area contributed by atoms with E-state index in [1.807, 2.05) is 0 Å². The lowest BCUT2D eigenvalue weighted by molar-refractivity contribution is -0.139. The number of fused-ring (bicyclic) bond motifs is 2. The van der Waals surface area contributed by atoms with Gasteiger partial charge in [-0.25, -0.2) is 4.79 Å². The molecule has 3 rings (SSSR count). The molecule has 7 nitrogen and oxygen atoms in total. The Morgan fingerprint density at radius 1 is 1.00 bits per heavy atom. The van der Waals surface area contributed by atoms with Crippen molar-refractivity contribution in [1.82, 2.24) is 0 Å². The molecule has 0 spiro atoms. The maximum atomic E-state index is 12.5. The van der Waals surface area contributed by atoms with Crippen LogP contribution < -0.4 is 4.74 Å². The van der Waals surface area contributed by atoms with Crippen LogP contribution in [0.4, 0.5) is 0 Å². The molecule has 0 fully saturated rings. The lowest BCUT2D eigenvalue weighted by Crippen LogP contribution is -2.21. The Balaban J connectivity index is 2.20. The molecule has 0 unspecified atom stereocenters. The first-order chi connectivity index (χ1) is 10.9. The van der Waals surface area contributed by atoms with Crippen LogP contribution in [0.5, 0.6) is 17.2 Å². The van der Waals surface area contributed by atoms with Crippen molar-refractivity contribution in [3.63, 3.8) is 0 Å². The van der Waals surface area contributed by atoms with E-state index in [1.165, 1.54) is 12.1 Å². The van der Waals surface area contributed by atoms with Gasteiger partial charge in [0.1, 0.15) is 5.75 Å². The van der Waals surface area contributed by atoms with E-state index >= 15 is 0 Å². The summed E-state index contributed by atoms with van der Waals surface area (Å²) in [5.74, 6) is -4.17. The Labute approximate surface area is 129 Å². The third-order valence-electron chi connectivity index (χ3n) is 3.47. The highest BCUT2D eigenvalue weighted by atomic mass is 16.5. The maximum Gasteiger partial charge on any atom is 0.341 e. The minimum absolute atomic E-state index is 0.0927. The van der Waals surface area contributed by atoms with Gasteiger partial charge < -0.3 is 20.1 Å². The third-order valence-corrected chi connectivity index (χ3v) is 3.47. The molecule has 7 heteroatoms. The Kier molecular flexibility index (Phi) is 3.25. The maximum absolute atomic E-state index is 12.5. The van der Waals surface area contributed by atoms with Gasteiger partial charge in [0.15, 0.2) is 29.7 Å². The van der Waals surface area contributed by atoms with Gasteiger partial charge in [0, 0.05) is 17.2 Å². The number of ketones is 2. The first kappa shape index (κ1) is 14.6. The van der Waals surface area contributed by atoms with E-state index in [0.717, 1.165) is 6.07 Å². The molecule has 0 amide bonds. The summed E-state index contributed by atoms with van der Waals surface area (Å²) < 4.78 is 4.84. The molecule has 0 heterocycles. The lowest BCUT2D eigenvalue weighted by atomic mass is 9.83. The first-order valence-electron chi connectivity index (χ1n) is 6.53. The highest BCUT2D eigenvalue weighted by Gasteiger charge is 2.35. The molecule has 0 saturated carbocycles. The van der Waals surface area contributed by atoms with Crippen LogP contribution in [0.3, 0.4) is 0 Å². The van der Waals surface area contributed by atoms with Gasteiger partial charge in [0.05, 0.1) is 11.1 Å². The largest absolute Gasteiger partial charge is 0.507 e. The fourth-order valence-electron chi connectivity index (χ4n) is 2.48. The van der Waals surface area contributed by atoms with Crippen LogP contribution in [0.1, 0.15) is 31.8 Å².